The number of hydrogen-bond acceptors (Lipinski definition) is 7. The van der Waals surface area contributed by atoms with Gasteiger partial charge in [-0.2, -0.15) is 0 Å². The highest BCUT2D eigenvalue weighted by molar-refractivity contribution is 5.94. The predicted octanol–water partition coefficient (Wildman–Crippen LogP) is 4.07. The predicted molar refractivity (Wildman–Crippen MR) is 157 cm³/mol. The van der Waals surface area contributed by atoms with Crippen LogP contribution in [0.3, 0.4) is 0 Å². The number of carboxylic acid groups (broad SMARTS) is 1. The number of aromatic carboxylic acids is 1. The minimum atomic E-state index is -1.33. The Hall–Kier alpha value is -4.68. The van der Waals surface area contributed by atoms with E-state index in [-0.39, 0.29) is 54.3 Å². The molecule has 0 spiro atoms. The van der Waals surface area contributed by atoms with Gasteiger partial charge in [-0.15, -0.1) is 0 Å². The lowest BCUT2D eigenvalue weighted by molar-refractivity contribution is -0.119. The van der Waals surface area contributed by atoms with E-state index in [1.165, 1.54) is 30.2 Å². The summed E-state index contributed by atoms with van der Waals surface area (Å²) in [6.07, 6.45) is 3.31. The quantitative estimate of drug-likeness (QED) is 0.352. The van der Waals surface area contributed by atoms with E-state index in [9.17, 15) is 28.7 Å². The summed E-state index contributed by atoms with van der Waals surface area (Å²) in [5.74, 6) is -2.57. The topological polar surface area (TPSA) is 130 Å². The third-order valence-electron chi connectivity index (χ3n) is 8.36. The van der Waals surface area contributed by atoms with Crippen LogP contribution in [0.1, 0.15) is 49.0 Å². The first-order chi connectivity index (χ1) is 21.1. The highest BCUT2D eigenvalue weighted by Crippen LogP contribution is 2.39. The third kappa shape index (κ3) is 5.90. The molecule has 2 saturated heterocycles. The Bertz CT molecular complexity index is 1710. The monoisotopic (exact) mass is 610 g/mol. The van der Waals surface area contributed by atoms with E-state index in [1.54, 1.807) is 16.7 Å². The van der Waals surface area contributed by atoms with Gasteiger partial charge >= 0.3 is 12.1 Å². The molecule has 2 aliphatic heterocycles. The van der Waals surface area contributed by atoms with Crippen LogP contribution in [0.15, 0.2) is 41.3 Å². The molecule has 1 saturated carbocycles. The van der Waals surface area contributed by atoms with Gasteiger partial charge in [-0.05, 0) is 55.9 Å². The summed E-state index contributed by atoms with van der Waals surface area (Å²) in [4.78, 5) is 50.9. The number of hydrogen-bond donors (Lipinski definition) is 2. The summed E-state index contributed by atoms with van der Waals surface area (Å²) in [7, 11) is 0. The van der Waals surface area contributed by atoms with Gasteiger partial charge in [-0.3, -0.25) is 14.5 Å². The van der Waals surface area contributed by atoms with Crippen LogP contribution >= 0.6 is 0 Å². The molecule has 44 heavy (non-hydrogen) atoms. The lowest BCUT2D eigenvalue weighted by atomic mass is 10.1. The van der Waals surface area contributed by atoms with Gasteiger partial charge in [0.25, 0.3) is 0 Å². The SMILES string of the molecule is CC(=O)NC[C@H]1CN(c2ccc(OCCC3CCN(c4cc5c(cc4F)c(=O)c(C(=O)O)cn5C4CC4)C3)c(F)c2)C(=O)O1. The van der Waals surface area contributed by atoms with Gasteiger partial charge in [-0.25, -0.2) is 18.4 Å². The van der Waals surface area contributed by atoms with Crippen LogP contribution < -0.4 is 25.3 Å². The summed E-state index contributed by atoms with van der Waals surface area (Å²) in [6.45, 7) is 3.08. The molecule has 13 heteroatoms. The Morgan fingerprint density at radius 2 is 1.89 bits per heavy atom. The van der Waals surface area contributed by atoms with Crippen LogP contribution in [0.2, 0.25) is 0 Å². The average Bonchev–Trinajstić information content (AvgIpc) is 3.60. The molecule has 2 aromatic carbocycles. The molecule has 3 heterocycles. The number of benzene rings is 2. The fourth-order valence-corrected chi connectivity index (χ4v) is 5.90. The molecular weight excluding hydrogens is 578 g/mol. The van der Waals surface area contributed by atoms with E-state index in [1.807, 2.05) is 4.90 Å². The first kappa shape index (κ1) is 29.4. The molecule has 0 radical (unpaired) electrons. The number of cyclic esters (lactones) is 1. The van der Waals surface area contributed by atoms with Crippen molar-refractivity contribution in [3.63, 3.8) is 0 Å². The van der Waals surface area contributed by atoms with Crippen molar-refractivity contribution in [1.29, 1.82) is 0 Å². The third-order valence-corrected chi connectivity index (χ3v) is 8.36. The maximum absolute atomic E-state index is 15.3. The Balaban J connectivity index is 1.07. The molecule has 2 atom stereocenters. The van der Waals surface area contributed by atoms with E-state index in [0.29, 0.717) is 36.4 Å². The zero-order valence-corrected chi connectivity index (χ0v) is 24.1. The summed E-state index contributed by atoms with van der Waals surface area (Å²) in [6, 6.07) is 7.11. The fourth-order valence-electron chi connectivity index (χ4n) is 5.90. The minimum absolute atomic E-state index is 0.0466. The molecule has 11 nitrogen and oxygen atoms in total. The number of nitrogens with zero attached hydrogens (tertiary/aromatic N) is 3. The summed E-state index contributed by atoms with van der Waals surface area (Å²) >= 11 is 0. The molecule has 3 fully saturated rings. The first-order valence-corrected chi connectivity index (χ1v) is 14.6. The molecule has 232 valence electrons. The van der Waals surface area contributed by atoms with Crippen LogP contribution in [0.5, 0.6) is 5.75 Å². The van der Waals surface area contributed by atoms with Gasteiger partial charge in [0, 0.05) is 43.7 Å². The molecule has 3 aliphatic rings. The van der Waals surface area contributed by atoms with Crippen molar-refractivity contribution in [2.45, 2.75) is 44.8 Å². The number of nitrogens with one attached hydrogen (secondary N) is 1. The van der Waals surface area contributed by atoms with Crippen LogP contribution in [-0.4, -0.2) is 66.5 Å². The number of carbonyl (C=O) groups excluding carboxylic acids is 2. The maximum atomic E-state index is 15.3. The average molecular weight is 611 g/mol. The molecular formula is C31H32F2N4O7. The summed E-state index contributed by atoms with van der Waals surface area (Å²) in [5, 5.41) is 12.1. The first-order valence-electron chi connectivity index (χ1n) is 14.6. The van der Waals surface area contributed by atoms with E-state index in [4.69, 9.17) is 9.47 Å². The smallest absolute Gasteiger partial charge is 0.414 e. The zero-order chi connectivity index (χ0) is 31.1. The van der Waals surface area contributed by atoms with Crippen LogP contribution in [0.4, 0.5) is 25.0 Å². The van der Waals surface area contributed by atoms with Gasteiger partial charge in [-0.1, -0.05) is 0 Å². The van der Waals surface area contributed by atoms with Crippen molar-refractivity contribution >= 4 is 40.2 Å². The Labute approximate surface area is 250 Å². The second kappa shape index (κ2) is 11.8. The lowest BCUT2D eigenvalue weighted by Crippen LogP contribution is -2.33. The molecule has 0 bridgehead atoms. The normalized spacial score (nSPS) is 19.8. The summed E-state index contributed by atoms with van der Waals surface area (Å²) in [5.41, 5.74) is 0.141. The van der Waals surface area contributed by atoms with Crippen LogP contribution in [0, 0.1) is 17.6 Å². The van der Waals surface area contributed by atoms with Gasteiger partial charge < -0.3 is 29.4 Å². The van der Waals surface area contributed by atoms with Crippen molar-refractivity contribution in [1.82, 2.24) is 9.88 Å². The zero-order valence-electron chi connectivity index (χ0n) is 24.1. The number of halogens is 2. The van der Waals surface area contributed by atoms with E-state index < -0.39 is 35.2 Å². The van der Waals surface area contributed by atoms with Crippen molar-refractivity contribution in [2.24, 2.45) is 5.92 Å². The second-order valence-electron chi connectivity index (χ2n) is 11.5. The van der Waals surface area contributed by atoms with E-state index in [0.717, 1.165) is 25.3 Å². The number of rotatable bonds is 10. The minimum Gasteiger partial charge on any atom is -0.491 e. The lowest BCUT2D eigenvalue weighted by Gasteiger charge is -2.21. The molecule has 1 unspecified atom stereocenters. The standard InChI is InChI=1S/C31H32F2N4O7/c1-17(38)34-13-21-15-37(31(42)44-21)20-4-5-28(25(33)10-20)43-9-7-18-6-8-35(14-18)27-12-26-22(11-24(27)32)29(39)23(30(40)41)16-36(26)19-2-3-19/h4-5,10-12,16,18-19,21H,2-3,6-9,13-15H2,1H3,(H,34,38)(H,40,41)/t18?,21-/m0/s1. The second-order valence-corrected chi connectivity index (χ2v) is 11.5. The molecule has 3 aromatic rings. The van der Waals surface area contributed by atoms with Crippen molar-refractivity contribution in [2.75, 3.05) is 42.6 Å². The number of carbonyl (C=O) groups is 3. The van der Waals surface area contributed by atoms with Gasteiger partial charge in [0.2, 0.25) is 11.3 Å². The van der Waals surface area contributed by atoms with Crippen molar-refractivity contribution in [3.8, 4) is 5.75 Å². The van der Waals surface area contributed by atoms with Crippen molar-refractivity contribution < 1.29 is 37.7 Å². The number of ether oxygens (including phenoxy) is 2. The van der Waals surface area contributed by atoms with Gasteiger partial charge in [0.15, 0.2) is 11.6 Å². The van der Waals surface area contributed by atoms with E-state index in [2.05, 4.69) is 5.32 Å². The Kier molecular flexibility index (Phi) is 7.87. The summed E-state index contributed by atoms with van der Waals surface area (Å²) < 4.78 is 42.9. The highest BCUT2D eigenvalue weighted by Gasteiger charge is 2.33. The maximum Gasteiger partial charge on any atom is 0.414 e. The van der Waals surface area contributed by atoms with Gasteiger partial charge in [0.1, 0.15) is 17.5 Å². The number of pyridine rings is 1. The molecule has 6 rings (SSSR count). The van der Waals surface area contributed by atoms with Crippen LogP contribution in [0.25, 0.3) is 10.9 Å². The Morgan fingerprint density at radius 3 is 2.59 bits per heavy atom. The number of amides is 2. The van der Waals surface area contributed by atoms with E-state index >= 15 is 4.39 Å². The number of carboxylic acids is 1. The molecule has 1 aliphatic carbocycles. The Morgan fingerprint density at radius 1 is 1.09 bits per heavy atom. The number of aromatic nitrogens is 1. The molecule has 1 aromatic heterocycles. The van der Waals surface area contributed by atoms with Gasteiger partial charge in [0.05, 0.1) is 36.6 Å². The fraction of sp³-hybridized carbons (Fsp3) is 0.419. The molecule has 2 amide bonds. The number of fused-ring (bicyclic) bond motifs is 1. The molecule has 2 N–H and O–H groups in total. The highest BCUT2D eigenvalue weighted by atomic mass is 19.1. The largest absolute Gasteiger partial charge is 0.491 e. The van der Waals surface area contributed by atoms with Crippen molar-refractivity contribution in [3.05, 3.63) is 63.9 Å². The number of anilines is 2. The van der Waals surface area contributed by atoms with Crippen LogP contribution in [-0.2, 0) is 9.53 Å².